The summed E-state index contributed by atoms with van der Waals surface area (Å²) in [6.07, 6.45) is 12.5. The van der Waals surface area contributed by atoms with Crippen molar-refractivity contribution in [1.82, 2.24) is 0 Å². The molecule has 6 aromatic carbocycles. The molecule has 0 N–H and O–H groups in total. The SMILES string of the molecule is C/C=C(\C(=C/CC)C(C)C)c1ccc(C)cc1C.C=C/C(CC)=c1\c(=C)oc2ccccc12.C=Cc1c(C)cc2c(c1C=C)-c1ccc(C)cc1C2(C)C.Cc1ccc(-c2ccccc2)cc1. The summed E-state index contributed by atoms with van der Waals surface area (Å²) < 4.78 is 5.60. The van der Waals surface area contributed by atoms with Crippen molar-refractivity contribution in [3.63, 3.8) is 0 Å². The van der Waals surface area contributed by atoms with E-state index in [4.69, 9.17) is 4.42 Å². The minimum atomic E-state index is 0.0406. The van der Waals surface area contributed by atoms with Gasteiger partial charge in [-0.2, -0.15) is 0 Å². The molecule has 1 heteroatoms. The van der Waals surface area contributed by atoms with Crippen molar-refractivity contribution in [2.45, 2.75) is 101 Å². The highest BCUT2D eigenvalue weighted by Crippen LogP contribution is 2.52. The van der Waals surface area contributed by atoms with Gasteiger partial charge in [0.15, 0.2) is 0 Å². The average Bonchev–Trinajstić information content (AvgIpc) is 3.76. The van der Waals surface area contributed by atoms with Crippen molar-refractivity contribution in [1.29, 1.82) is 0 Å². The van der Waals surface area contributed by atoms with E-state index in [1.54, 1.807) is 0 Å². The lowest BCUT2D eigenvalue weighted by molar-refractivity contribution is 0.577. The van der Waals surface area contributed by atoms with Crippen LogP contribution in [0.1, 0.15) is 117 Å². The van der Waals surface area contributed by atoms with Crippen LogP contribution in [-0.4, -0.2) is 0 Å². The van der Waals surface area contributed by atoms with Crippen molar-refractivity contribution in [3.8, 4) is 22.3 Å². The second kappa shape index (κ2) is 23.2. The summed E-state index contributed by atoms with van der Waals surface area (Å²) in [5, 5.41) is 2.22. The molecule has 0 atom stereocenters. The fourth-order valence-electron chi connectivity index (χ4n) is 9.38. The Morgan fingerprint density at radius 3 is 1.84 bits per heavy atom. The number of aryl methyl sites for hydroxylation is 5. The fraction of sp³-hybridized carbons (Fsp3) is 0.242. The van der Waals surface area contributed by atoms with E-state index >= 15 is 0 Å². The number of benzene rings is 6. The second-order valence-electron chi connectivity index (χ2n) is 18.5. The van der Waals surface area contributed by atoms with E-state index in [9.17, 15) is 0 Å². The lowest BCUT2D eigenvalue weighted by atomic mass is 9.80. The molecule has 0 radical (unpaired) electrons. The Morgan fingerprint density at radius 2 is 1.25 bits per heavy atom. The van der Waals surface area contributed by atoms with E-state index < -0.39 is 0 Å². The number of furan rings is 1. The maximum Gasteiger partial charge on any atom is 0.135 e. The molecule has 0 bridgehead atoms. The third-order valence-electron chi connectivity index (χ3n) is 12.9. The summed E-state index contributed by atoms with van der Waals surface area (Å²) in [6.45, 7) is 42.2. The van der Waals surface area contributed by atoms with Crippen LogP contribution in [0, 0.1) is 40.5 Å². The fourth-order valence-corrected chi connectivity index (χ4v) is 9.38. The van der Waals surface area contributed by atoms with Crippen molar-refractivity contribution in [2.24, 2.45) is 5.92 Å². The minimum Gasteiger partial charge on any atom is -0.457 e. The van der Waals surface area contributed by atoms with Crippen LogP contribution in [0.3, 0.4) is 0 Å². The van der Waals surface area contributed by atoms with Crippen LogP contribution in [0.4, 0.5) is 0 Å². The molecule has 344 valence electrons. The Balaban J connectivity index is 0.000000170. The highest BCUT2D eigenvalue weighted by Gasteiger charge is 2.37. The van der Waals surface area contributed by atoms with Crippen molar-refractivity contribution >= 4 is 40.8 Å². The largest absolute Gasteiger partial charge is 0.457 e. The third-order valence-corrected chi connectivity index (χ3v) is 12.9. The summed E-state index contributed by atoms with van der Waals surface area (Å²) in [5.41, 5.74) is 24.2. The first kappa shape index (κ1) is 51.3. The smallest absolute Gasteiger partial charge is 0.135 e. The predicted octanol–water partition coefficient (Wildman–Crippen LogP) is 17.8. The van der Waals surface area contributed by atoms with Crippen LogP contribution in [0.25, 0.3) is 63.1 Å². The number of fused-ring (bicyclic) bond motifs is 4. The van der Waals surface area contributed by atoms with E-state index in [2.05, 4.69) is 219 Å². The molecular weight excluding hydrogens is 809 g/mol. The maximum absolute atomic E-state index is 5.60. The molecule has 1 heterocycles. The van der Waals surface area contributed by atoms with Gasteiger partial charge in [-0.25, -0.2) is 0 Å². The first-order valence-electron chi connectivity index (χ1n) is 24.0. The molecule has 0 spiro atoms. The molecule has 0 saturated carbocycles. The minimum absolute atomic E-state index is 0.0406. The van der Waals surface area contributed by atoms with Crippen LogP contribution in [0.5, 0.6) is 0 Å². The Bertz CT molecular complexity index is 3030. The molecular formula is C66H74O. The van der Waals surface area contributed by atoms with E-state index in [1.165, 1.54) is 94.6 Å². The number of para-hydroxylation sites is 1. The van der Waals surface area contributed by atoms with Gasteiger partial charge >= 0.3 is 0 Å². The number of hydrogen-bond acceptors (Lipinski definition) is 1. The van der Waals surface area contributed by atoms with Gasteiger partial charge in [0, 0.05) is 16.0 Å². The summed E-state index contributed by atoms with van der Waals surface area (Å²) >= 11 is 0. The van der Waals surface area contributed by atoms with E-state index in [0.717, 1.165) is 34.4 Å². The Hall–Kier alpha value is -6.70. The second-order valence-corrected chi connectivity index (χ2v) is 18.5. The molecule has 1 nitrogen and oxygen atoms in total. The van der Waals surface area contributed by atoms with Crippen molar-refractivity contribution < 1.29 is 4.42 Å². The molecule has 1 aliphatic carbocycles. The number of rotatable bonds is 9. The molecule has 0 amide bonds. The molecule has 1 aliphatic rings. The van der Waals surface area contributed by atoms with Gasteiger partial charge in [-0.3, -0.25) is 0 Å². The summed E-state index contributed by atoms with van der Waals surface area (Å²) in [6, 6.07) is 42.9. The Morgan fingerprint density at radius 1 is 0.657 bits per heavy atom. The molecule has 0 saturated heterocycles. The zero-order valence-corrected chi connectivity index (χ0v) is 42.7. The van der Waals surface area contributed by atoms with Gasteiger partial charge in [0.1, 0.15) is 11.0 Å². The number of hydrogen-bond donors (Lipinski definition) is 0. The molecule has 0 unspecified atom stereocenters. The molecule has 8 rings (SSSR count). The quantitative estimate of drug-likeness (QED) is 0.132. The lowest BCUT2D eigenvalue weighted by Gasteiger charge is -2.23. The van der Waals surface area contributed by atoms with Gasteiger partial charge in [-0.05, 0) is 144 Å². The van der Waals surface area contributed by atoms with E-state index in [-0.39, 0.29) is 5.41 Å². The topological polar surface area (TPSA) is 13.1 Å². The molecule has 67 heavy (non-hydrogen) atoms. The van der Waals surface area contributed by atoms with Gasteiger partial charge in [0.2, 0.25) is 0 Å². The van der Waals surface area contributed by atoms with Crippen LogP contribution < -0.4 is 10.6 Å². The number of allylic oxidation sites excluding steroid dienone is 5. The van der Waals surface area contributed by atoms with Crippen molar-refractivity contribution in [3.05, 3.63) is 231 Å². The van der Waals surface area contributed by atoms with Gasteiger partial charge in [0.25, 0.3) is 0 Å². The molecule has 1 aromatic heterocycles. The summed E-state index contributed by atoms with van der Waals surface area (Å²) in [4.78, 5) is 0. The van der Waals surface area contributed by atoms with Gasteiger partial charge in [-0.1, -0.05) is 230 Å². The zero-order valence-electron chi connectivity index (χ0n) is 42.7. The first-order chi connectivity index (χ1) is 32.1. The van der Waals surface area contributed by atoms with Crippen LogP contribution in [-0.2, 0) is 5.41 Å². The zero-order chi connectivity index (χ0) is 49.0. The highest BCUT2D eigenvalue weighted by atomic mass is 16.3. The van der Waals surface area contributed by atoms with Crippen LogP contribution in [0.15, 0.2) is 169 Å². The Labute approximate surface area is 404 Å². The monoisotopic (exact) mass is 883 g/mol. The summed E-state index contributed by atoms with van der Waals surface area (Å²) in [7, 11) is 0. The highest BCUT2D eigenvalue weighted by molar-refractivity contribution is 5.91. The Kier molecular flexibility index (Phi) is 17.7. The summed E-state index contributed by atoms with van der Waals surface area (Å²) in [5.74, 6) is 0.567. The van der Waals surface area contributed by atoms with E-state index in [0.29, 0.717) is 5.92 Å². The van der Waals surface area contributed by atoms with Gasteiger partial charge in [0.05, 0.1) is 0 Å². The predicted molar refractivity (Wildman–Crippen MR) is 298 cm³/mol. The maximum atomic E-state index is 5.60. The van der Waals surface area contributed by atoms with Crippen LogP contribution >= 0.6 is 0 Å². The lowest BCUT2D eigenvalue weighted by Crippen LogP contribution is -2.20. The van der Waals surface area contributed by atoms with Gasteiger partial charge in [-0.15, -0.1) is 0 Å². The van der Waals surface area contributed by atoms with E-state index in [1.807, 2.05) is 42.5 Å². The molecule has 0 aliphatic heterocycles. The standard InChI is InChI=1S/C21H22.C18H26.C14H14O.C13H12/c1-7-15-14(4)12-19-20(16(15)8-2)17-10-9-13(3)11-18(17)21(19,5)6;1-7-9-17(13(3)4)16(8-2)18-11-10-14(5)12-15(18)6;1-4-11(5-2)14-10(3)15-13-9-7-6-8-12(13)14;1-11-7-9-13(10-8-11)12-5-3-2-4-6-12/h7-12H,1-2H2,3-6H3;8-13H,7H2,1-6H3;4,6-9H,1,3,5H2,2H3;2-10H,1H3/b;16-8+,17-9-;14-11-;. The average molecular weight is 883 g/mol. The van der Waals surface area contributed by atoms with Crippen molar-refractivity contribution in [2.75, 3.05) is 0 Å². The third kappa shape index (κ3) is 11.6. The molecule has 7 aromatic rings. The normalized spacial score (nSPS) is 12.9. The molecule has 0 fully saturated rings. The first-order valence-corrected chi connectivity index (χ1v) is 24.0. The van der Waals surface area contributed by atoms with Crippen LogP contribution in [0.2, 0.25) is 0 Å². The van der Waals surface area contributed by atoms with Gasteiger partial charge < -0.3 is 4.42 Å².